The van der Waals surface area contributed by atoms with Gasteiger partial charge in [0.15, 0.2) is 5.65 Å². The Kier molecular flexibility index (Phi) is 3.45. The van der Waals surface area contributed by atoms with Crippen LogP contribution in [-0.4, -0.2) is 32.7 Å². The maximum Gasteiger partial charge on any atom is 0.157 e. The van der Waals surface area contributed by atoms with Crippen LogP contribution in [0.15, 0.2) is 36.8 Å². The predicted octanol–water partition coefficient (Wildman–Crippen LogP) is 2.30. The summed E-state index contributed by atoms with van der Waals surface area (Å²) in [5, 5.41) is 11.6. The molecule has 2 aliphatic rings. The topological polar surface area (TPSA) is 67.1 Å². The Morgan fingerprint density at radius 2 is 1.92 bits per heavy atom. The lowest BCUT2D eigenvalue weighted by molar-refractivity contribution is 0.301. The van der Waals surface area contributed by atoms with Gasteiger partial charge < -0.3 is 10.6 Å². The van der Waals surface area contributed by atoms with Gasteiger partial charge in [-0.1, -0.05) is 0 Å². The van der Waals surface area contributed by atoms with Crippen molar-refractivity contribution in [3.05, 3.63) is 53.6 Å². The average Bonchev–Trinajstić information content (AvgIpc) is 3.26. The minimum absolute atomic E-state index is 0.250. The molecule has 6 nitrogen and oxygen atoms in total. The van der Waals surface area contributed by atoms with Gasteiger partial charge >= 0.3 is 0 Å². The number of anilines is 1. The van der Waals surface area contributed by atoms with Crippen LogP contribution >= 0.6 is 0 Å². The lowest BCUT2D eigenvalue weighted by atomic mass is 9.77. The molecule has 0 amide bonds. The van der Waals surface area contributed by atoms with E-state index in [2.05, 4.69) is 20.7 Å². The van der Waals surface area contributed by atoms with Crippen molar-refractivity contribution in [3.8, 4) is 0 Å². The number of rotatable bonds is 3. The van der Waals surface area contributed by atoms with Crippen LogP contribution in [0.2, 0.25) is 0 Å². The van der Waals surface area contributed by atoms with Gasteiger partial charge in [-0.3, -0.25) is 4.98 Å². The van der Waals surface area contributed by atoms with Crippen LogP contribution in [0.3, 0.4) is 0 Å². The lowest BCUT2D eigenvalue weighted by Gasteiger charge is -2.34. The van der Waals surface area contributed by atoms with Crippen LogP contribution in [0, 0.1) is 0 Å². The number of piperidine rings is 1. The molecule has 128 valence electrons. The molecule has 2 N–H and O–H groups in total. The third-order valence-electron chi connectivity index (χ3n) is 5.76. The zero-order valence-corrected chi connectivity index (χ0v) is 14.2. The molecule has 0 saturated carbocycles. The molecular formula is C19H22N6. The van der Waals surface area contributed by atoms with Crippen LogP contribution in [-0.2, 0) is 18.4 Å². The lowest BCUT2D eigenvalue weighted by Crippen LogP contribution is -2.39. The van der Waals surface area contributed by atoms with Gasteiger partial charge in [0.1, 0.15) is 5.82 Å². The molecule has 4 heterocycles. The average molecular weight is 334 g/mol. The van der Waals surface area contributed by atoms with Gasteiger partial charge in [0.25, 0.3) is 0 Å². The standard InChI is InChI=1S/C19H22N6/c1-5-19(6-11-21-12-7-19)17-15(1)18(25-16(24-17)4-10-23-25)22-13-14-2-8-20-9-3-14/h2-4,8-10,21-22H,1,5-7,11-13H2. The van der Waals surface area contributed by atoms with E-state index in [1.54, 1.807) is 0 Å². The second-order valence-electron chi connectivity index (χ2n) is 7.13. The first-order chi connectivity index (χ1) is 12.4. The van der Waals surface area contributed by atoms with Crippen molar-refractivity contribution in [2.45, 2.75) is 37.6 Å². The summed E-state index contributed by atoms with van der Waals surface area (Å²) in [7, 11) is 0. The normalized spacial score (nSPS) is 18.6. The first-order valence-corrected chi connectivity index (χ1v) is 9.06. The Balaban J connectivity index is 1.57. The first kappa shape index (κ1) is 14.8. The third-order valence-corrected chi connectivity index (χ3v) is 5.76. The molecule has 1 aliphatic heterocycles. The van der Waals surface area contributed by atoms with Crippen molar-refractivity contribution in [2.24, 2.45) is 0 Å². The highest BCUT2D eigenvalue weighted by Gasteiger charge is 2.42. The summed E-state index contributed by atoms with van der Waals surface area (Å²) in [6.45, 7) is 2.94. The van der Waals surface area contributed by atoms with E-state index in [1.165, 1.54) is 36.1 Å². The SMILES string of the molecule is c1cc(CNc2c3c(nc4ccnn24)C2(CCNCC2)CC3)ccn1. The van der Waals surface area contributed by atoms with Crippen LogP contribution in [0.5, 0.6) is 0 Å². The highest BCUT2D eigenvalue weighted by atomic mass is 15.3. The molecule has 25 heavy (non-hydrogen) atoms. The van der Waals surface area contributed by atoms with E-state index in [-0.39, 0.29) is 5.41 Å². The van der Waals surface area contributed by atoms with Crippen LogP contribution in [0.4, 0.5) is 5.82 Å². The number of fused-ring (bicyclic) bond motifs is 3. The van der Waals surface area contributed by atoms with Gasteiger partial charge in [-0.15, -0.1) is 0 Å². The van der Waals surface area contributed by atoms with E-state index in [4.69, 9.17) is 4.98 Å². The second-order valence-corrected chi connectivity index (χ2v) is 7.13. The third kappa shape index (κ3) is 2.40. The predicted molar refractivity (Wildman–Crippen MR) is 96.7 cm³/mol. The molecule has 1 saturated heterocycles. The van der Waals surface area contributed by atoms with Crippen molar-refractivity contribution in [1.82, 2.24) is 24.9 Å². The van der Waals surface area contributed by atoms with Gasteiger partial charge in [-0.2, -0.15) is 9.61 Å². The Morgan fingerprint density at radius 1 is 1.08 bits per heavy atom. The molecule has 5 rings (SSSR count). The van der Waals surface area contributed by atoms with E-state index in [0.29, 0.717) is 0 Å². The molecule has 0 unspecified atom stereocenters. The fourth-order valence-electron chi connectivity index (χ4n) is 4.39. The maximum atomic E-state index is 5.03. The molecule has 1 fully saturated rings. The number of nitrogens with one attached hydrogen (secondary N) is 2. The van der Waals surface area contributed by atoms with Crippen LogP contribution in [0.25, 0.3) is 5.65 Å². The van der Waals surface area contributed by atoms with E-state index < -0.39 is 0 Å². The molecule has 1 aliphatic carbocycles. The van der Waals surface area contributed by atoms with Crippen LogP contribution in [0.1, 0.15) is 36.1 Å². The van der Waals surface area contributed by atoms with Gasteiger partial charge in [-0.25, -0.2) is 4.98 Å². The fourth-order valence-corrected chi connectivity index (χ4v) is 4.39. The van der Waals surface area contributed by atoms with Crippen molar-refractivity contribution in [3.63, 3.8) is 0 Å². The van der Waals surface area contributed by atoms with Crippen molar-refractivity contribution in [2.75, 3.05) is 18.4 Å². The molecule has 0 bridgehead atoms. The molecule has 1 spiro atoms. The molecule has 0 radical (unpaired) electrons. The smallest absolute Gasteiger partial charge is 0.157 e. The number of hydrogen-bond donors (Lipinski definition) is 2. The van der Waals surface area contributed by atoms with E-state index in [9.17, 15) is 0 Å². The van der Waals surface area contributed by atoms with Gasteiger partial charge in [0.05, 0.1) is 11.9 Å². The Hall–Kier alpha value is -2.47. The van der Waals surface area contributed by atoms with E-state index in [0.717, 1.165) is 37.5 Å². The van der Waals surface area contributed by atoms with Gasteiger partial charge in [0.2, 0.25) is 0 Å². The van der Waals surface area contributed by atoms with Crippen molar-refractivity contribution in [1.29, 1.82) is 0 Å². The summed E-state index contributed by atoms with van der Waals surface area (Å²) >= 11 is 0. The molecule has 3 aromatic heterocycles. The van der Waals surface area contributed by atoms with E-state index in [1.807, 2.05) is 41.3 Å². The number of aromatic nitrogens is 4. The monoisotopic (exact) mass is 334 g/mol. The fraction of sp³-hybridized carbons (Fsp3) is 0.421. The number of nitrogens with zero attached hydrogens (tertiary/aromatic N) is 4. The maximum absolute atomic E-state index is 5.03. The molecule has 0 atom stereocenters. The zero-order chi connectivity index (χ0) is 16.7. The number of pyridine rings is 1. The Labute approximate surface area is 146 Å². The van der Waals surface area contributed by atoms with Gasteiger partial charge in [0, 0.05) is 36.0 Å². The minimum atomic E-state index is 0.250. The summed E-state index contributed by atoms with van der Waals surface area (Å²) in [6.07, 6.45) is 10.2. The van der Waals surface area contributed by atoms with Crippen molar-refractivity contribution >= 4 is 11.5 Å². The highest BCUT2D eigenvalue weighted by molar-refractivity contribution is 5.59. The second kappa shape index (κ2) is 5.81. The summed E-state index contributed by atoms with van der Waals surface area (Å²) in [5.74, 6) is 1.11. The Morgan fingerprint density at radius 3 is 2.76 bits per heavy atom. The number of hydrogen-bond acceptors (Lipinski definition) is 5. The molecular weight excluding hydrogens is 312 g/mol. The summed E-state index contributed by atoms with van der Waals surface area (Å²) < 4.78 is 1.96. The molecule has 6 heteroatoms. The largest absolute Gasteiger partial charge is 0.366 e. The summed E-state index contributed by atoms with van der Waals surface area (Å²) in [4.78, 5) is 9.13. The van der Waals surface area contributed by atoms with Gasteiger partial charge in [-0.05, 0) is 56.5 Å². The summed E-state index contributed by atoms with van der Waals surface area (Å²) in [6, 6.07) is 6.09. The highest BCUT2D eigenvalue weighted by Crippen LogP contribution is 2.46. The van der Waals surface area contributed by atoms with Crippen molar-refractivity contribution < 1.29 is 0 Å². The summed E-state index contributed by atoms with van der Waals surface area (Å²) in [5.41, 5.74) is 5.07. The quantitative estimate of drug-likeness (QED) is 0.769. The zero-order valence-electron chi connectivity index (χ0n) is 14.2. The Bertz CT molecular complexity index is 895. The van der Waals surface area contributed by atoms with Crippen LogP contribution < -0.4 is 10.6 Å². The van der Waals surface area contributed by atoms with E-state index >= 15 is 0 Å². The molecule has 3 aromatic rings. The minimum Gasteiger partial charge on any atom is -0.366 e. The first-order valence-electron chi connectivity index (χ1n) is 9.06. The molecule has 0 aromatic carbocycles.